The minimum Gasteiger partial charge on any atom is -0.348 e. The number of carbonyl (C=O) groups is 1. The number of sulfonamides is 1. The monoisotopic (exact) mass is 456 g/mol. The molecule has 4 N–H and O–H groups in total. The van der Waals surface area contributed by atoms with E-state index in [0.717, 1.165) is 55.4 Å². The molecule has 1 atom stereocenters. The predicted molar refractivity (Wildman–Crippen MR) is 123 cm³/mol. The van der Waals surface area contributed by atoms with Gasteiger partial charge in [-0.25, -0.2) is 18.5 Å². The quantitative estimate of drug-likeness (QED) is 0.554. The predicted octanol–water partition coefficient (Wildman–Crippen LogP) is 3.35. The number of nitrogens with two attached hydrogens (primary N) is 1. The highest BCUT2D eigenvalue weighted by Crippen LogP contribution is 2.26. The van der Waals surface area contributed by atoms with Crippen LogP contribution in [0.5, 0.6) is 0 Å². The first kappa shape index (κ1) is 22.2. The Bertz CT molecular complexity index is 1220. The molecule has 0 bridgehead atoms. The number of nitrogens with one attached hydrogen (secondary N) is 2. The molecule has 10 heteroatoms. The van der Waals surface area contributed by atoms with Crippen molar-refractivity contribution < 1.29 is 13.2 Å². The van der Waals surface area contributed by atoms with E-state index in [1.165, 1.54) is 12.1 Å². The lowest BCUT2D eigenvalue weighted by atomic mass is 10.1. The number of anilines is 2. The van der Waals surface area contributed by atoms with Gasteiger partial charge in [0.25, 0.3) is 0 Å². The Morgan fingerprint density at radius 2 is 1.84 bits per heavy atom. The van der Waals surface area contributed by atoms with Crippen molar-refractivity contribution >= 4 is 38.6 Å². The van der Waals surface area contributed by atoms with Gasteiger partial charge in [-0.2, -0.15) is 4.98 Å². The zero-order valence-electron chi connectivity index (χ0n) is 18.0. The van der Waals surface area contributed by atoms with Crippen molar-refractivity contribution in [2.24, 2.45) is 5.14 Å². The number of rotatable bonds is 3. The highest BCUT2D eigenvalue weighted by molar-refractivity contribution is 7.89. The van der Waals surface area contributed by atoms with E-state index in [2.05, 4.69) is 20.2 Å². The lowest BCUT2D eigenvalue weighted by molar-refractivity contribution is -0.121. The summed E-state index contributed by atoms with van der Waals surface area (Å²) >= 11 is 0. The number of fused-ring (bicyclic) bond motifs is 3. The minimum atomic E-state index is -3.74. The van der Waals surface area contributed by atoms with E-state index >= 15 is 0 Å². The number of benzene rings is 1. The van der Waals surface area contributed by atoms with Gasteiger partial charge < -0.3 is 15.2 Å². The Morgan fingerprint density at radius 3 is 2.59 bits per heavy atom. The standard InChI is InChI=1S/C22H28N6O3S/c1-15-19-13-16-14-24-22(26-17-8-10-18(11-9-17)32(23,30)31)27-21(16)28(19)12-6-4-2-3-5-7-20(29)25-15/h8-11,13-15H,2-7,12H2,1H3,(H,25,29)(H2,23,30,31)(H,24,26,27)/t15-/m1/s1. The normalized spacial score (nSPS) is 18.3. The molecule has 0 fully saturated rings. The maximum atomic E-state index is 12.3. The lowest BCUT2D eigenvalue weighted by Gasteiger charge is -2.18. The fourth-order valence-corrected chi connectivity index (χ4v) is 4.56. The summed E-state index contributed by atoms with van der Waals surface area (Å²) in [5, 5.41) is 12.3. The second-order valence-electron chi connectivity index (χ2n) is 8.19. The third-order valence-electron chi connectivity index (χ3n) is 5.71. The van der Waals surface area contributed by atoms with Crippen LogP contribution in [0.3, 0.4) is 0 Å². The number of carbonyl (C=O) groups excluding carboxylic acids is 1. The third kappa shape index (κ3) is 5.08. The summed E-state index contributed by atoms with van der Waals surface area (Å²) in [7, 11) is -3.74. The summed E-state index contributed by atoms with van der Waals surface area (Å²) in [5.74, 6) is 0.482. The van der Waals surface area contributed by atoms with E-state index in [1.807, 2.05) is 13.0 Å². The molecule has 32 heavy (non-hydrogen) atoms. The highest BCUT2D eigenvalue weighted by atomic mass is 32.2. The molecule has 1 aromatic carbocycles. The van der Waals surface area contributed by atoms with Gasteiger partial charge in [-0.15, -0.1) is 0 Å². The van der Waals surface area contributed by atoms with Crippen LogP contribution in [0, 0.1) is 0 Å². The summed E-state index contributed by atoms with van der Waals surface area (Å²) in [5.41, 5.74) is 2.47. The minimum absolute atomic E-state index is 0.0436. The number of aryl methyl sites for hydroxylation is 1. The Morgan fingerprint density at radius 1 is 1.12 bits per heavy atom. The van der Waals surface area contributed by atoms with Gasteiger partial charge in [-0.05, 0) is 50.1 Å². The first-order chi connectivity index (χ1) is 15.3. The van der Waals surface area contributed by atoms with Crippen LogP contribution in [0.4, 0.5) is 11.6 Å². The fourth-order valence-electron chi connectivity index (χ4n) is 4.04. The molecule has 0 saturated carbocycles. The van der Waals surface area contributed by atoms with E-state index in [0.29, 0.717) is 18.1 Å². The van der Waals surface area contributed by atoms with Crippen LogP contribution < -0.4 is 15.8 Å². The first-order valence-electron chi connectivity index (χ1n) is 10.9. The zero-order chi connectivity index (χ0) is 22.7. The van der Waals surface area contributed by atoms with Crippen LogP contribution in [0.15, 0.2) is 41.4 Å². The number of aromatic nitrogens is 3. The Kier molecular flexibility index (Phi) is 6.43. The van der Waals surface area contributed by atoms with Gasteiger partial charge >= 0.3 is 0 Å². The molecule has 9 nitrogen and oxygen atoms in total. The number of hydrogen-bond donors (Lipinski definition) is 3. The fraction of sp³-hybridized carbons (Fsp3) is 0.409. The zero-order valence-corrected chi connectivity index (χ0v) is 18.9. The third-order valence-corrected chi connectivity index (χ3v) is 6.64. The van der Waals surface area contributed by atoms with Gasteiger partial charge in [-0.3, -0.25) is 4.79 Å². The molecule has 0 unspecified atom stereocenters. The molecule has 1 aliphatic heterocycles. The van der Waals surface area contributed by atoms with Crippen molar-refractivity contribution in [3.05, 3.63) is 42.2 Å². The topological polar surface area (TPSA) is 132 Å². The molecular weight excluding hydrogens is 428 g/mol. The maximum absolute atomic E-state index is 12.3. The van der Waals surface area contributed by atoms with Crippen molar-refractivity contribution in [2.75, 3.05) is 5.32 Å². The van der Waals surface area contributed by atoms with Crippen molar-refractivity contribution in [1.82, 2.24) is 19.9 Å². The molecule has 3 heterocycles. The van der Waals surface area contributed by atoms with Gasteiger partial charge in [0.1, 0.15) is 5.65 Å². The van der Waals surface area contributed by atoms with Gasteiger partial charge in [0.2, 0.25) is 21.9 Å². The van der Waals surface area contributed by atoms with Crippen molar-refractivity contribution in [1.29, 1.82) is 0 Å². The number of nitrogens with zero attached hydrogens (tertiary/aromatic N) is 3. The molecule has 0 radical (unpaired) electrons. The second kappa shape index (κ2) is 9.25. The average Bonchev–Trinajstić information content (AvgIpc) is 3.10. The van der Waals surface area contributed by atoms with Crippen LogP contribution in [0.25, 0.3) is 11.0 Å². The van der Waals surface area contributed by atoms with Crippen LogP contribution in [0.2, 0.25) is 0 Å². The van der Waals surface area contributed by atoms with Crippen molar-refractivity contribution in [2.45, 2.75) is 62.9 Å². The number of amides is 1. The Labute approximate surface area is 187 Å². The van der Waals surface area contributed by atoms with Crippen LogP contribution >= 0.6 is 0 Å². The van der Waals surface area contributed by atoms with Crippen LogP contribution in [-0.2, 0) is 21.4 Å². The summed E-state index contributed by atoms with van der Waals surface area (Å²) in [6.07, 6.45) is 7.59. The van der Waals surface area contributed by atoms with Crippen LogP contribution in [-0.4, -0.2) is 28.9 Å². The molecule has 1 aliphatic rings. The summed E-state index contributed by atoms with van der Waals surface area (Å²) in [6, 6.07) is 8.02. The molecule has 0 aliphatic carbocycles. The van der Waals surface area contributed by atoms with E-state index in [-0.39, 0.29) is 16.8 Å². The van der Waals surface area contributed by atoms with Crippen molar-refractivity contribution in [3.63, 3.8) is 0 Å². The second-order valence-corrected chi connectivity index (χ2v) is 9.76. The molecule has 1 amide bonds. The lowest BCUT2D eigenvalue weighted by Crippen LogP contribution is -2.28. The Balaban J connectivity index is 1.64. The molecule has 2 aromatic heterocycles. The number of hydrogen-bond acceptors (Lipinski definition) is 6. The van der Waals surface area contributed by atoms with E-state index in [9.17, 15) is 13.2 Å². The van der Waals surface area contributed by atoms with Gasteiger partial charge in [0.05, 0.1) is 10.9 Å². The molecule has 170 valence electrons. The highest BCUT2D eigenvalue weighted by Gasteiger charge is 2.19. The number of primary sulfonamides is 1. The van der Waals surface area contributed by atoms with E-state index < -0.39 is 10.0 Å². The molecule has 3 aromatic rings. The molecule has 0 spiro atoms. The van der Waals surface area contributed by atoms with Gasteiger partial charge in [-0.1, -0.05) is 19.3 Å². The smallest absolute Gasteiger partial charge is 0.238 e. The summed E-state index contributed by atoms with van der Waals surface area (Å²) < 4.78 is 25.1. The summed E-state index contributed by atoms with van der Waals surface area (Å²) in [6.45, 7) is 2.81. The first-order valence-corrected chi connectivity index (χ1v) is 12.4. The Hall–Kier alpha value is -2.98. The van der Waals surface area contributed by atoms with Crippen LogP contribution in [0.1, 0.15) is 57.2 Å². The maximum Gasteiger partial charge on any atom is 0.238 e. The van der Waals surface area contributed by atoms with Gasteiger partial charge in [0, 0.05) is 35.9 Å². The van der Waals surface area contributed by atoms with E-state index in [1.54, 1.807) is 18.3 Å². The molecule has 0 saturated heterocycles. The molecular formula is C22H28N6O3S. The largest absolute Gasteiger partial charge is 0.348 e. The van der Waals surface area contributed by atoms with Crippen molar-refractivity contribution in [3.8, 4) is 0 Å². The summed E-state index contributed by atoms with van der Waals surface area (Å²) in [4.78, 5) is 21.4. The van der Waals surface area contributed by atoms with Gasteiger partial charge in [0.15, 0.2) is 0 Å². The SMILES string of the molecule is C[C@H]1NC(=O)CCCCCCCn2c1cc1cnc(Nc3ccc(S(N)(=O)=O)cc3)nc12. The molecule has 4 rings (SSSR count). The average molecular weight is 457 g/mol. The van der Waals surface area contributed by atoms with E-state index in [4.69, 9.17) is 10.1 Å².